The Balaban J connectivity index is 1.49. The number of benzene rings is 1. The number of piperazine rings is 1. The Morgan fingerprint density at radius 3 is 2.33 bits per heavy atom. The van der Waals surface area contributed by atoms with Gasteiger partial charge < -0.3 is 19.5 Å². The Bertz CT molecular complexity index is 852. The van der Waals surface area contributed by atoms with Crippen LogP contribution >= 0.6 is 0 Å². The van der Waals surface area contributed by atoms with Crippen molar-refractivity contribution in [3.05, 3.63) is 64.1 Å². The highest BCUT2D eigenvalue weighted by Crippen LogP contribution is 2.14. The summed E-state index contributed by atoms with van der Waals surface area (Å²) in [5.74, 6) is 0.584. The van der Waals surface area contributed by atoms with E-state index in [9.17, 15) is 14.4 Å². The normalized spacial score (nSPS) is 14.1. The maximum absolute atomic E-state index is 12.5. The number of carbonyl (C=O) groups is 2. The van der Waals surface area contributed by atoms with Crippen molar-refractivity contribution in [1.29, 1.82) is 0 Å². The molecule has 1 aliphatic heterocycles. The van der Waals surface area contributed by atoms with Gasteiger partial charge >= 0.3 is 0 Å². The number of nitrogens with one attached hydrogen (secondary N) is 1. The molecule has 1 fully saturated rings. The molecule has 1 N–H and O–H groups in total. The highest BCUT2D eigenvalue weighted by Gasteiger charge is 2.25. The predicted octanol–water partition coefficient (Wildman–Crippen LogP) is 1.30. The second-order valence-corrected chi connectivity index (χ2v) is 6.43. The maximum atomic E-state index is 12.5. The van der Waals surface area contributed by atoms with Gasteiger partial charge in [-0.15, -0.1) is 0 Å². The first kappa shape index (κ1) is 18.7. The molecule has 0 aliphatic carbocycles. The Kier molecular flexibility index (Phi) is 5.90. The topological polar surface area (TPSA) is 82.7 Å². The molecule has 1 aromatic heterocycles. The fourth-order valence-corrected chi connectivity index (χ4v) is 3.12. The lowest BCUT2D eigenvalue weighted by atomic mass is 10.1. The molecule has 2 aromatic rings. The van der Waals surface area contributed by atoms with Crippen molar-refractivity contribution in [2.24, 2.45) is 0 Å². The number of aromatic nitrogens is 1. The van der Waals surface area contributed by atoms with Crippen LogP contribution in [0.15, 0.2) is 47.4 Å². The Morgan fingerprint density at radius 2 is 1.70 bits per heavy atom. The van der Waals surface area contributed by atoms with Crippen LogP contribution in [0.1, 0.15) is 22.3 Å². The zero-order valence-corrected chi connectivity index (χ0v) is 15.3. The monoisotopic (exact) mass is 369 g/mol. The molecule has 0 spiro atoms. The Hall–Kier alpha value is -3.09. The van der Waals surface area contributed by atoms with Gasteiger partial charge in [-0.2, -0.15) is 0 Å². The van der Waals surface area contributed by atoms with Crippen molar-refractivity contribution in [3.8, 4) is 5.75 Å². The molecule has 1 saturated heterocycles. The summed E-state index contributed by atoms with van der Waals surface area (Å²) < 4.78 is 5.13. The predicted molar refractivity (Wildman–Crippen MR) is 101 cm³/mol. The summed E-state index contributed by atoms with van der Waals surface area (Å²) in [4.78, 5) is 42.6. The summed E-state index contributed by atoms with van der Waals surface area (Å²) in [6, 6.07) is 10.8. The van der Waals surface area contributed by atoms with Crippen LogP contribution in [0.3, 0.4) is 0 Å². The van der Waals surface area contributed by atoms with Crippen LogP contribution in [-0.2, 0) is 11.2 Å². The molecular formula is C20H23N3O4. The molecule has 0 saturated carbocycles. The van der Waals surface area contributed by atoms with Crippen LogP contribution in [0, 0.1) is 0 Å². The Labute approximate surface area is 157 Å². The molecule has 0 unspecified atom stereocenters. The maximum Gasteiger partial charge on any atom is 0.260 e. The number of pyridine rings is 1. The number of aryl methyl sites for hydroxylation is 1. The van der Waals surface area contributed by atoms with E-state index in [2.05, 4.69) is 4.98 Å². The van der Waals surface area contributed by atoms with E-state index in [1.165, 1.54) is 12.3 Å². The van der Waals surface area contributed by atoms with E-state index in [-0.39, 0.29) is 22.9 Å². The number of hydrogen-bond donors (Lipinski definition) is 1. The molecule has 7 heteroatoms. The fraction of sp³-hybridized carbons (Fsp3) is 0.350. The number of ether oxygens (including phenoxy) is 1. The summed E-state index contributed by atoms with van der Waals surface area (Å²) in [6.45, 7) is 1.83. The van der Waals surface area contributed by atoms with Gasteiger partial charge in [-0.3, -0.25) is 14.4 Å². The van der Waals surface area contributed by atoms with Gasteiger partial charge in [0.1, 0.15) is 11.3 Å². The van der Waals surface area contributed by atoms with Gasteiger partial charge in [-0.25, -0.2) is 0 Å². The van der Waals surface area contributed by atoms with E-state index in [1.807, 2.05) is 24.3 Å². The highest BCUT2D eigenvalue weighted by molar-refractivity contribution is 5.94. The lowest BCUT2D eigenvalue weighted by molar-refractivity contribution is -0.132. The van der Waals surface area contributed by atoms with Crippen molar-refractivity contribution in [1.82, 2.24) is 14.8 Å². The second-order valence-electron chi connectivity index (χ2n) is 6.43. The average molecular weight is 369 g/mol. The average Bonchev–Trinajstić information content (AvgIpc) is 2.72. The van der Waals surface area contributed by atoms with Gasteiger partial charge in [0.05, 0.1) is 7.11 Å². The summed E-state index contributed by atoms with van der Waals surface area (Å²) in [7, 11) is 1.62. The molecule has 2 heterocycles. The molecule has 1 aromatic carbocycles. The zero-order chi connectivity index (χ0) is 19.2. The summed E-state index contributed by atoms with van der Waals surface area (Å²) >= 11 is 0. The van der Waals surface area contributed by atoms with Gasteiger partial charge in [0.25, 0.3) is 11.5 Å². The number of hydrogen-bond acceptors (Lipinski definition) is 4. The van der Waals surface area contributed by atoms with E-state index in [0.29, 0.717) is 39.0 Å². The number of amides is 2. The standard InChI is InChI=1S/C20H23N3O4/c1-27-16-7-4-15(5-8-16)6-9-18(24)22-11-13-23(14-12-22)20(26)17-3-2-10-21-19(17)25/h2-5,7-8,10H,6,9,11-14H2,1H3,(H,21,25). The zero-order valence-electron chi connectivity index (χ0n) is 15.3. The third-order valence-electron chi connectivity index (χ3n) is 4.75. The van der Waals surface area contributed by atoms with Gasteiger partial charge in [-0.1, -0.05) is 12.1 Å². The first-order valence-corrected chi connectivity index (χ1v) is 8.96. The molecule has 1 aliphatic rings. The minimum atomic E-state index is -0.388. The van der Waals surface area contributed by atoms with Crippen molar-refractivity contribution >= 4 is 11.8 Å². The Morgan fingerprint density at radius 1 is 1.04 bits per heavy atom. The number of rotatable bonds is 5. The quantitative estimate of drug-likeness (QED) is 0.861. The van der Waals surface area contributed by atoms with Crippen molar-refractivity contribution < 1.29 is 14.3 Å². The molecule has 0 radical (unpaired) electrons. The SMILES string of the molecule is COc1ccc(CCC(=O)N2CCN(C(=O)c3ccc[nH]c3=O)CC2)cc1. The lowest BCUT2D eigenvalue weighted by Gasteiger charge is -2.34. The second kappa shape index (κ2) is 8.53. The molecule has 0 atom stereocenters. The molecule has 2 amide bonds. The van der Waals surface area contributed by atoms with E-state index in [0.717, 1.165) is 11.3 Å². The number of carbonyl (C=O) groups excluding carboxylic acids is 2. The third kappa shape index (κ3) is 4.55. The van der Waals surface area contributed by atoms with Gasteiger partial charge in [0.2, 0.25) is 5.91 Å². The van der Waals surface area contributed by atoms with Crippen LogP contribution in [0.4, 0.5) is 0 Å². The largest absolute Gasteiger partial charge is 0.497 e. The van der Waals surface area contributed by atoms with E-state index in [1.54, 1.807) is 23.0 Å². The van der Waals surface area contributed by atoms with Gasteiger partial charge in [-0.05, 0) is 36.2 Å². The number of methoxy groups -OCH3 is 1. The highest BCUT2D eigenvalue weighted by atomic mass is 16.5. The number of H-pyrrole nitrogens is 1. The smallest absolute Gasteiger partial charge is 0.260 e. The molecule has 142 valence electrons. The van der Waals surface area contributed by atoms with E-state index in [4.69, 9.17) is 4.74 Å². The van der Waals surface area contributed by atoms with Crippen LogP contribution < -0.4 is 10.3 Å². The first-order chi connectivity index (χ1) is 13.1. The van der Waals surface area contributed by atoms with Gasteiger partial charge in [0, 0.05) is 38.8 Å². The molecule has 0 bridgehead atoms. The van der Waals surface area contributed by atoms with Crippen LogP contribution in [0.5, 0.6) is 5.75 Å². The summed E-state index contributed by atoms with van der Waals surface area (Å²) in [5.41, 5.74) is 0.832. The molecular weight excluding hydrogens is 346 g/mol. The summed E-state index contributed by atoms with van der Waals surface area (Å²) in [6.07, 6.45) is 2.60. The number of nitrogens with zero attached hydrogens (tertiary/aromatic N) is 2. The number of aromatic amines is 1. The van der Waals surface area contributed by atoms with Crippen LogP contribution in [-0.4, -0.2) is 59.9 Å². The molecule has 27 heavy (non-hydrogen) atoms. The van der Waals surface area contributed by atoms with Crippen molar-refractivity contribution in [3.63, 3.8) is 0 Å². The van der Waals surface area contributed by atoms with Crippen molar-refractivity contribution in [2.75, 3.05) is 33.3 Å². The van der Waals surface area contributed by atoms with Crippen LogP contribution in [0.25, 0.3) is 0 Å². The van der Waals surface area contributed by atoms with E-state index < -0.39 is 0 Å². The first-order valence-electron chi connectivity index (χ1n) is 8.96. The molecule has 3 rings (SSSR count). The van der Waals surface area contributed by atoms with E-state index >= 15 is 0 Å². The minimum Gasteiger partial charge on any atom is -0.497 e. The van der Waals surface area contributed by atoms with Gasteiger partial charge in [0.15, 0.2) is 0 Å². The lowest BCUT2D eigenvalue weighted by Crippen LogP contribution is -2.51. The third-order valence-corrected chi connectivity index (χ3v) is 4.75. The van der Waals surface area contributed by atoms with Crippen molar-refractivity contribution in [2.45, 2.75) is 12.8 Å². The van der Waals surface area contributed by atoms with Crippen LogP contribution in [0.2, 0.25) is 0 Å². The summed E-state index contributed by atoms with van der Waals surface area (Å²) in [5, 5.41) is 0. The minimum absolute atomic E-state index is 0.0791. The fourth-order valence-electron chi connectivity index (χ4n) is 3.12. The molecule has 7 nitrogen and oxygen atoms in total.